The number of rotatable bonds is 2. The molecule has 0 saturated heterocycles. The topological polar surface area (TPSA) is 61.2 Å². The SMILES string of the molecule is COC(=O)[C@H](C)n1cccnc1=O. The summed E-state index contributed by atoms with van der Waals surface area (Å²) >= 11 is 0. The van der Waals surface area contributed by atoms with Gasteiger partial charge in [0.1, 0.15) is 6.04 Å². The minimum Gasteiger partial charge on any atom is -0.467 e. The normalized spacial score (nSPS) is 12.2. The maximum Gasteiger partial charge on any atom is 0.348 e. The Hall–Kier alpha value is -1.65. The minimum absolute atomic E-state index is 0.458. The quantitative estimate of drug-likeness (QED) is 0.603. The number of carbonyl (C=O) groups is 1. The fourth-order valence-corrected chi connectivity index (χ4v) is 0.947. The van der Waals surface area contributed by atoms with Crippen molar-refractivity contribution in [1.29, 1.82) is 0 Å². The third-order valence-electron chi connectivity index (χ3n) is 1.70. The molecular formula is C8H10N2O3. The van der Waals surface area contributed by atoms with Gasteiger partial charge >= 0.3 is 11.7 Å². The molecular weight excluding hydrogens is 172 g/mol. The van der Waals surface area contributed by atoms with Crippen LogP contribution < -0.4 is 5.69 Å². The van der Waals surface area contributed by atoms with Gasteiger partial charge in [0, 0.05) is 12.4 Å². The van der Waals surface area contributed by atoms with E-state index in [1.807, 2.05) is 0 Å². The van der Waals surface area contributed by atoms with E-state index >= 15 is 0 Å². The van der Waals surface area contributed by atoms with Gasteiger partial charge in [0.05, 0.1) is 7.11 Å². The van der Waals surface area contributed by atoms with Crippen molar-refractivity contribution in [2.45, 2.75) is 13.0 Å². The Balaban J connectivity index is 3.02. The summed E-state index contributed by atoms with van der Waals surface area (Å²) in [6, 6.07) is 0.951. The number of hydrogen-bond acceptors (Lipinski definition) is 4. The Bertz CT molecular complexity index is 358. The highest BCUT2D eigenvalue weighted by Gasteiger charge is 2.15. The molecule has 13 heavy (non-hydrogen) atoms. The number of ether oxygens (including phenoxy) is 1. The van der Waals surface area contributed by atoms with Gasteiger partial charge in [-0.25, -0.2) is 14.6 Å². The van der Waals surface area contributed by atoms with Gasteiger partial charge in [-0.05, 0) is 13.0 Å². The highest BCUT2D eigenvalue weighted by Crippen LogP contribution is 2.02. The van der Waals surface area contributed by atoms with Gasteiger partial charge < -0.3 is 4.74 Å². The third-order valence-corrected chi connectivity index (χ3v) is 1.70. The zero-order valence-corrected chi connectivity index (χ0v) is 7.43. The molecule has 0 spiro atoms. The predicted molar refractivity (Wildman–Crippen MR) is 45.2 cm³/mol. The largest absolute Gasteiger partial charge is 0.467 e. The molecule has 0 unspecified atom stereocenters. The highest BCUT2D eigenvalue weighted by atomic mass is 16.5. The maximum absolute atomic E-state index is 11.1. The molecule has 5 nitrogen and oxygen atoms in total. The first-order valence-corrected chi connectivity index (χ1v) is 3.78. The summed E-state index contributed by atoms with van der Waals surface area (Å²) in [6.45, 7) is 1.58. The number of aromatic nitrogens is 2. The molecule has 0 fully saturated rings. The minimum atomic E-state index is -0.633. The van der Waals surface area contributed by atoms with Crippen molar-refractivity contribution in [3.05, 3.63) is 28.9 Å². The van der Waals surface area contributed by atoms with Crippen molar-refractivity contribution in [2.75, 3.05) is 7.11 Å². The Morgan fingerprint density at radius 3 is 2.92 bits per heavy atom. The number of carbonyl (C=O) groups excluding carboxylic acids is 1. The molecule has 0 N–H and O–H groups in total. The summed E-state index contributed by atoms with van der Waals surface area (Å²) < 4.78 is 5.71. The second kappa shape index (κ2) is 3.84. The average Bonchev–Trinajstić information content (AvgIpc) is 2.16. The van der Waals surface area contributed by atoms with E-state index in [9.17, 15) is 9.59 Å². The molecule has 0 saturated carbocycles. The Kier molecular flexibility index (Phi) is 2.79. The maximum atomic E-state index is 11.1. The first-order chi connectivity index (χ1) is 6.16. The van der Waals surface area contributed by atoms with Crippen LogP contribution in [0, 0.1) is 0 Å². The van der Waals surface area contributed by atoms with Gasteiger partial charge in [0.25, 0.3) is 0 Å². The lowest BCUT2D eigenvalue weighted by atomic mass is 10.3. The van der Waals surface area contributed by atoms with Crippen LogP contribution in [0.1, 0.15) is 13.0 Å². The van der Waals surface area contributed by atoms with E-state index in [0.29, 0.717) is 0 Å². The molecule has 1 aromatic heterocycles. The molecule has 70 valence electrons. The fraction of sp³-hybridized carbons (Fsp3) is 0.375. The van der Waals surface area contributed by atoms with E-state index in [4.69, 9.17) is 0 Å². The molecule has 0 bridgehead atoms. The molecule has 0 aliphatic heterocycles. The molecule has 0 aliphatic carbocycles. The number of esters is 1. The lowest BCUT2D eigenvalue weighted by Crippen LogP contribution is -2.29. The summed E-state index contributed by atoms with van der Waals surface area (Å²) in [5.41, 5.74) is -0.458. The second-order valence-corrected chi connectivity index (χ2v) is 2.51. The Labute approximate surface area is 75.0 Å². The molecule has 5 heteroatoms. The number of hydrogen-bond donors (Lipinski definition) is 0. The molecule has 0 aromatic carbocycles. The van der Waals surface area contributed by atoms with Crippen LogP contribution in [0.2, 0.25) is 0 Å². The van der Waals surface area contributed by atoms with Crippen LogP contribution in [-0.2, 0) is 9.53 Å². The van der Waals surface area contributed by atoms with Crippen LogP contribution in [0.4, 0.5) is 0 Å². The van der Waals surface area contributed by atoms with Crippen LogP contribution in [0.15, 0.2) is 23.3 Å². The first-order valence-electron chi connectivity index (χ1n) is 3.78. The van der Waals surface area contributed by atoms with Crippen molar-refractivity contribution in [3.63, 3.8) is 0 Å². The molecule has 0 aliphatic rings. The molecule has 1 heterocycles. The molecule has 1 atom stereocenters. The lowest BCUT2D eigenvalue weighted by molar-refractivity contribution is -0.144. The lowest BCUT2D eigenvalue weighted by Gasteiger charge is -2.10. The summed E-state index contributed by atoms with van der Waals surface area (Å²) in [5.74, 6) is -0.463. The van der Waals surface area contributed by atoms with E-state index in [2.05, 4.69) is 9.72 Å². The van der Waals surface area contributed by atoms with Gasteiger partial charge in [0.15, 0.2) is 0 Å². The van der Waals surface area contributed by atoms with Crippen molar-refractivity contribution in [1.82, 2.24) is 9.55 Å². The van der Waals surface area contributed by atoms with Gasteiger partial charge in [-0.3, -0.25) is 4.57 Å². The van der Waals surface area contributed by atoms with Crippen LogP contribution in [0.5, 0.6) is 0 Å². The zero-order valence-electron chi connectivity index (χ0n) is 7.43. The van der Waals surface area contributed by atoms with Crippen molar-refractivity contribution in [3.8, 4) is 0 Å². The van der Waals surface area contributed by atoms with Gasteiger partial charge in [0.2, 0.25) is 0 Å². The second-order valence-electron chi connectivity index (χ2n) is 2.51. The molecule has 1 aromatic rings. The van der Waals surface area contributed by atoms with Crippen LogP contribution in [0.25, 0.3) is 0 Å². The number of nitrogens with zero attached hydrogens (tertiary/aromatic N) is 2. The van der Waals surface area contributed by atoms with E-state index in [1.165, 1.54) is 24.1 Å². The summed E-state index contributed by atoms with van der Waals surface area (Å²) in [5, 5.41) is 0. The zero-order chi connectivity index (χ0) is 9.84. The smallest absolute Gasteiger partial charge is 0.348 e. The third kappa shape index (κ3) is 1.93. The van der Waals surface area contributed by atoms with Crippen LogP contribution in [-0.4, -0.2) is 22.6 Å². The van der Waals surface area contributed by atoms with Crippen molar-refractivity contribution >= 4 is 5.97 Å². The number of methoxy groups -OCH3 is 1. The molecule has 0 radical (unpaired) electrons. The summed E-state index contributed by atoms with van der Waals surface area (Å²) in [4.78, 5) is 25.7. The van der Waals surface area contributed by atoms with E-state index in [1.54, 1.807) is 13.0 Å². The highest BCUT2D eigenvalue weighted by molar-refractivity contribution is 5.73. The van der Waals surface area contributed by atoms with Crippen molar-refractivity contribution < 1.29 is 9.53 Å². The van der Waals surface area contributed by atoms with E-state index in [0.717, 1.165) is 0 Å². The standard InChI is InChI=1S/C8H10N2O3/c1-6(7(11)13-2)10-5-3-4-9-8(10)12/h3-6H,1-2H3/t6-/m0/s1. The van der Waals surface area contributed by atoms with Crippen LogP contribution >= 0.6 is 0 Å². The molecule has 0 amide bonds. The first kappa shape index (κ1) is 9.44. The Morgan fingerprint density at radius 2 is 2.38 bits per heavy atom. The average molecular weight is 182 g/mol. The molecule has 1 rings (SSSR count). The van der Waals surface area contributed by atoms with Gasteiger partial charge in [-0.1, -0.05) is 0 Å². The van der Waals surface area contributed by atoms with Gasteiger partial charge in [-0.15, -0.1) is 0 Å². The summed E-state index contributed by atoms with van der Waals surface area (Å²) in [6.07, 6.45) is 2.87. The summed E-state index contributed by atoms with van der Waals surface area (Å²) in [7, 11) is 1.28. The van der Waals surface area contributed by atoms with Crippen molar-refractivity contribution in [2.24, 2.45) is 0 Å². The fourth-order valence-electron chi connectivity index (χ4n) is 0.947. The van der Waals surface area contributed by atoms with E-state index < -0.39 is 17.7 Å². The monoisotopic (exact) mass is 182 g/mol. The Morgan fingerprint density at radius 1 is 1.69 bits per heavy atom. The van der Waals surface area contributed by atoms with E-state index in [-0.39, 0.29) is 0 Å². The van der Waals surface area contributed by atoms with Gasteiger partial charge in [-0.2, -0.15) is 0 Å². The van der Waals surface area contributed by atoms with Crippen LogP contribution in [0.3, 0.4) is 0 Å². The predicted octanol–water partition coefficient (Wildman–Crippen LogP) is -0.0227.